The van der Waals surface area contributed by atoms with Gasteiger partial charge in [0.2, 0.25) is 0 Å². The molecule has 49 valence electrons. The van der Waals surface area contributed by atoms with Gasteiger partial charge >= 0.3 is 65.8 Å². The van der Waals surface area contributed by atoms with Crippen molar-refractivity contribution in [3.63, 3.8) is 0 Å². The molecule has 0 fully saturated rings. The molecule has 1 aromatic heterocycles. The molecule has 0 saturated heterocycles. The molecule has 2 heteroatoms. The van der Waals surface area contributed by atoms with Gasteiger partial charge in [-0.3, -0.25) is 0 Å². The second-order valence-electron chi connectivity index (χ2n) is 1.95. The van der Waals surface area contributed by atoms with Crippen LogP contribution in [-0.2, 0) is 0 Å². The zero-order valence-electron chi connectivity index (χ0n) is 5.87. The molecule has 0 aliphatic heterocycles. The number of hydrogen-bond acceptors (Lipinski definition) is 1. The van der Waals surface area contributed by atoms with Gasteiger partial charge in [0.25, 0.3) is 0 Å². The van der Waals surface area contributed by atoms with Crippen molar-refractivity contribution < 1.29 is 0 Å². The number of hydrogen-bond donors (Lipinski definition) is 0. The molecule has 0 aliphatic carbocycles. The van der Waals surface area contributed by atoms with E-state index in [1.165, 1.54) is 5.56 Å². The van der Waals surface area contributed by atoms with Crippen molar-refractivity contribution in [2.75, 3.05) is 0 Å². The fourth-order valence-corrected chi connectivity index (χ4v) is 1.44. The molecule has 0 bridgehead atoms. The van der Waals surface area contributed by atoms with Gasteiger partial charge in [0.15, 0.2) is 0 Å². The molecule has 0 aromatic carbocycles. The summed E-state index contributed by atoms with van der Waals surface area (Å²) >= 11 is 1.66. The fraction of sp³-hybridized carbons (Fsp3) is 0.125. The Morgan fingerprint density at radius 1 is 1.60 bits per heavy atom. The Hall–Kier alpha value is -0.625. The average molecular weight is 147 g/mol. The second kappa shape index (κ2) is 3.52. The maximum absolute atomic E-state index is 5.32. The monoisotopic (exact) mass is 147 g/mol. The molecule has 1 heterocycles. The van der Waals surface area contributed by atoms with Gasteiger partial charge in [0.05, 0.1) is 0 Å². The van der Waals surface area contributed by atoms with Crippen LogP contribution in [0.5, 0.6) is 0 Å². The van der Waals surface area contributed by atoms with Crippen molar-refractivity contribution >= 4 is 30.9 Å². The predicted molar refractivity (Wildman–Crippen MR) is 49.9 cm³/mol. The molecule has 0 aliphatic rings. The van der Waals surface area contributed by atoms with Crippen LogP contribution in [0, 0.1) is 0 Å². The first-order valence-electron chi connectivity index (χ1n) is 3.13. The Labute approximate surface area is 66.3 Å². The van der Waals surface area contributed by atoms with Crippen molar-refractivity contribution in [3.05, 3.63) is 28.0 Å². The van der Waals surface area contributed by atoms with Crippen LogP contribution >= 0.6 is 11.3 Å². The van der Waals surface area contributed by atoms with E-state index in [-0.39, 0.29) is 0 Å². The summed E-state index contributed by atoms with van der Waals surface area (Å²) < 4.78 is 0. The van der Waals surface area contributed by atoms with E-state index < -0.39 is 0 Å². The van der Waals surface area contributed by atoms with Crippen molar-refractivity contribution in [2.24, 2.45) is 0 Å². The van der Waals surface area contributed by atoms with Crippen LogP contribution in [0.3, 0.4) is 0 Å². The van der Waals surface area contributed by atoms with Crippen LogP contribution in [0.2, 0.25) is 0 Å². The molecule has 0 amide bonds. The van der Waals surface area contributed by atoms with E-state index in [1.54, 1.807) is 17.3 Å². The quantitative estimate of drug-likeness (QED) is 0.562. The first-order chi connectivity index (χ1) is 4.86. The molecular weight excluding hydrogens is 139 g/mol. The number of allylic oxidation sites excluding steroid dienone is 1. The topological polar surface area (TPSA) is 0 Å². The first kappa shape index (κ1) is 7.48. The Morgan fingerprint density at radius 3 is 2.90 bits per heavy atom. The summed E-state index contributed by atoms with van der Waals surface area (Å²) in [7, 11) is 5.32. The third-order valence-corrected chi connectivity index (χ3v) is 2.08. The number of thiophene rings is 1. The van der Waals surface area contributed by atoms with E-state index in [4.69, 9.17) is 7.49 Å². The Bertz CT molecular complexity index is 248. The normalized spacial score (nSPS) is 10.4. The van der Waals surface area contributed by atoms with E-state index in [0.717, 1.165) is 4.88 Å². The van der Waals surface area contributed by atoms with Crippen LogP contribution in [0.15, 0.2) is 17.5 Å². The SMILES string of the molecule is [B]=Cc1cc(/C=C/C)cs1. The van der Waals surface area contributed by atoms with Crippen LogP contribution in [-0.4, -0.2) is 13.5 Å². The van der Waals surface area contributed by atoms with E-state index in [1.807, 2.05) is 13.0 Å². The van der Waals surface area contributed by atoms with Crippen molar-refractivity contribution in [1.29, 1.82) is 0 Å². The number of rotatable bonds is 2. The molecular formula is C8H8BS. The van der Waals surface area contributed by atoms with Gasteiger partial charge in [0, 0.05) is 0 Å². The van der Waals surface area contributed by atoms with E-state index in [2.05, 4.69) is 17.5 Å². The molecule has 1 aromatic rings. The van der Waals surface area contributed by atoms with Gasteiger partial charge in [-0.1, -0.05) is 0 Å². The third-order valence-electron chi connectivity index (χ3n) is 1.16. The molecule has 0 atom stereocenters. The van der Waals surface area contributed by atoms with Gasteiger partial charge in [-0.2, -0.15) is 0 Å². The van der Waals surface area contributed by atoms with E-state index in [9.17, 15) is 0 Å². The third kappa shape index (κ3) is 1.68. The standard InChI is InChI=1S/C8H8BS/c1-2-3-7-4-8(5-9)10-6-7/h2-6H,1H3/b3-2+. The van der Waals surface area contributed by atoms with Gasteiger partial charge in [0.1, 0.15) is 0 Å². The Balaban J connectivity index is 2.87. The fourth-order valence-electron chi connectivity index (χ4n) is 0.736. The molecule has 0 spiro atoms. The van der Waals surface area contributed by atoms with Crippen LogP contribution in [0.4, 0.5) is 0 Å². The van der Waals surface area contributed by atoms with Gasteiger partial charge in [-0.25, -0.2) is 0 Å². The van der Waals surface area contributed by atoms with Crippen molar-refractivity contribution in [2.45, 2.75) is 6.92 Å². The summed E-state index contributed by atoms with van der Waals surface area (Å²) in [6.45, 7) is 2.00. The summed E-state index contributed by atoms with van der Waals surface area (Å²) in [6, 6.07) is 2.06. The summed E-state index contributed by atoms with van der Waals surface area (Å²) in [4.78, 5) is 1.12. The molecule has 10 heavy (non-hydrogen) atoms. The molecule has 0 nitrogen and oxygen atoms in total. The molecule has 0 saturated carbocycles. The Kier molecular flexibility index (Phi) is 2.63. The minimum atomic E-state index is 1.12. The summed E-state index contributed by atoms with van der Waals surface area (Å²) in [5.74, 6) is 1.62. The van der Waals surface area contributed by atoms with Crippen LogP contribution in [0.1, 0.15) is 17.4 Å². The zero-order valence-corrected chi connectivity index (χ0v) is 6.69. The van der Waals surface area contributed by atoms with Gasteiger partial charge in [-0.05, 0) is 0 Å². The van der Waals surface area contributed by atoms with Crippen molar-refractivity contribution in [1.82, 2.24) is 0 Å². The van der Waals surface area contributed by atoms with E-state index in [0.29, 0.717) is 0 Å². The Morgan fingerprint density at radius 2 is 2.40 bits per heavy atom. The predicted octanol–water partition coefficient (Wildman–Crippen LogP) is 2.10. The molecule has 1 rings (SSSR count). The molecule has 0 N–H and O–H groups in total. The van der Waals surface area contributed by atoms with Gasteiger partial charge < -0.3 is 0 Å². The summed E-state index contributed by atoms with van der Waals surface area (Å²) in [6.07, 6.45) is 4.08. The molecule has 1 radical (unpaired) electrons. The van der Waals surface area contributed by atoms with Crippen LogP contribution in [0.25, 0.3) is 6.08 Å². The summed E-state index contributed by atoms with van der Waals surface area (Å²) in [5, 5.41) is 2.08. The van der Waals surface area contributed by atoms with Crippen molar-refractivity contribution in [3.8, 4) is 0 Å². The van der Waals surface area contributed by atoms with Gasteiger partial charge in [-0.15, -0.1) is 0 Å². The van der Waals surface area contributed by atoms with E-state index >= 15 is 0 Å². The van der Waals surface area contributed by atoms with Crippen LogP contribution < -0.4 is 0 Å². The second-order valence-corrected chi connectivity index (χ2v) is 2.89. The first-order valence-corrected chi connectivity index (χ1v) is 4.01. The summed E-state index contributed by atoms with van der Waals surface area (Å²) in [5.41, 5.74) is 1.23. The average Bonchev–Trinajstić information content (AvgIpc) is 2.37. The zero-order chi connectivity index (χ0) is 7.40. The maximum atomic E-state index is 5.32. The minimum absolute atomic E-state index is 1.12. The molecule has 0 unspecified atom stereocenters.